The highest BCUT2D eigenvalue weighted by atomic mass is 16.5. The van der Waals surface area contributed by atoms with Crippen LogP contribution in [0.5, 0.6) is 5.75 Å². The van der Waals surface area contributed by atoms with Crippen molar-refractivity contribution in [2.24, 2.45) is 5.73 Å². The summed E-state index contributed by atoms with van der Waals surface area (Å²) in [4.78, 5) is 10.9. The predicted molar refractivity (Wildman–Crippen MR) is 134 cm³/mol. The second-order valence-electron chi connectivity index (χ2n) is 8.44. The minimum Gasteiger partial charge on any atom is -0.508 e. The molecule has 0 saturated heterocycles. The Morgan fingerprint density at radius 3 is 2.50 bits per heavy atom. The van der Waals surface area contributed by atoms with Crippen LogP contribution in [0.15, 0.2) is 42.5 Å². The van der Waals surface area contributed by atoms with E-state index in [2.05, 4.69) is 16.7 Å². The first-order valence-corrected chi connectivity index (χ1v) is 12.0. The smallest absolute Gasteiger partial charge is 0.316 e. The fourth-order valence-electron chi connectivity index (χ4n) is 3.69. The van der Waals surface area contributed by atoms with Crippen LogP contribution >= 0.6 is 0 Å². The molecule has 0 heterocycles. The van der Waals surface area contributed by atoms with E-state index in [-0.39, 0.29) is 12.4 Å². The summed E-state index contributed by atoms with van der Waals surface area (Å²) in [6.07, 6.45) is 6.59. The molecule has 2 aromatic carbocycles. The van der Waals surface area contributed by atoms with Crippen molar-refractivity contribution in [3.8, 4) is 5.75 Å². The topological polar surface area (TPSA) is 137 Å². The number of aryl methyl sites for hydroxylation is 1. The number of phenols is 1. The van der Waals surface area contributed by atoms with Crippen molar-refractivity contribution in [1.82, 2.24) is 5.32 Å². The van der Waals surface area contributed by atoms with E-state index < -0.39 is 12.1 Å². The third kappa shape index (κ3) is 11.0. The molecule has 0 aliphatic rings. The average Bonchev–Trinajstić information content (AvgIpc) is 2.82. The molecule has 0 aliphatic heterocycles. The molecule has 188 valence electrons. The van der Waals surface area contributed by atoms with E-state index in [0.29, 0.717) is 17.7 Å². The van der Waals surface area contributed by atoms with Crippen molar-refractivity contribution >= 4 is 11.7 Å². The van der Waals surface area contributed by atoms with E-state index in [9.17, 15) is 20.1 Å². The number of nitrogens with one attached hydrogen (secondary N) is 2. The lowest BCUT2D eigenvalue weighted by Gasteiger charge is -2.14. The van der Waals surface area contributed by atoms with Crippen LogP contribution in [0.4, 0.5) is 10.5 Å². The second-order valence-corrected chi connectivity index (χ2v) is 8.44. The van der Waals surface area contributed by atoms with Gasteiger partial charge in [-0.25, -0.2) is 4.79 Å². The number of unbranched alkanes of at least 4 members (excludes halogenated alkanes) is 4. The van der Waals surface area contributed by atoms with Gasteiger partial charge < -0.3 is 36.4 Å². The van der Waals surface area contributed by atoms with E-state index in [1.807, 2.05) is 18.2 Å². The van der Waals surface area contributed by atoms with Crippen molar-refractivity contribution < 1.29 is 24.9 Å². The zero-order valence-corrected chi connectivity index (χ0v) is 19.8. The first-order valence-electron chi connectivity index (χ1n) is 12.0. The number of nitrogens with two attached hydrogens (primary N) is 1. The van der Waals surface area contributed by atoms with Crippen LogP contribution in [0.2, 0.25) is 0 Å². The van der Waals surface area contributed by atoms with Gasteiger partial charge in [0.2, 0.25) is 0 Å². The fourth-order valence-corrected chi connectivity index (χ4v) is 3.69. The molecular weight excluding hydrogens is 434 g/mol. The summed E-state index contributed by atoms with van der Waals surface area (Å²) in [6, 6.07) is 12.0. The molecule has 0 saturated carbocycles. The number of ether oxygens (including phenoxy) is 1. The van der Waals surface area contributed by atoms with Crippen molar-refractivity contribution in [3.63, 3.8) is 0 Å². The summed E-state index contributed by atoms with van der Waals surface area (Å²) in [5, 5.41) is 34.9. The van der Waals surface area contributed by atoms with Gasteiger partial charge in [0.25, 0.3) is 0 Å². The SMILES string of the molecule is NC(=O)Nc1cccc(CCCCCOCCCCCNC[C@@H](O)c2ccc(O)c(CO)c2)c1. The molecule has 1 atom stereocenters. The monoisotopic (exact) mass is 473 g/mol. The highest BCUT2D eigenvalue weighted by molar-refractivity contribution is 5.87. The number of benzene rings is 2. The maximum absolute atomic E-state index is 10.9. The lowest BCUT2D eigenvalue weighted by molar-refractivity contribution is 0.125. The Morgan fingerprint density at radius 1 is 1.00 bits per heavy atom. The van der Waals surface area contributed by atoms with E-state index in [4.69, 9.17) is 10.5 Å². The fraction of sp³-hybridized carbons (Fsp3) is 0.500. The van der Waals surface area contributed by atoms with E-state index in [1.165, 1.54) is 11.6 Å². The molecule has 0 radical (unpaired) electrons. The largest absolute Gasteiger partial charge is 0.508 e. The van der Waals surface area contributed by atoms with Gasteiger partial charge in [-0.05, 0) is 80.5 Å². The Hall–Kier alpha value is -2.65. The molecule has 2 aromatic rings. The Bertz CT molecular complexity index is 862. The summed E-state index contributed by atoms with van der Waals surface area (Å²) >= 11 is 0. The van der Waals surface area contributed by atoms with Crippen LogP contribution in [0, 0.1) is 0 Å². The predicted octanol–water partition coefficient (Wildman–Crippen LogP) is 3.60. The standard InChI is InChI=1S/C26H39N3O5/c27-26(33)29-23-10-7-9-20(16-23)8-3-1-5-14-34-15-6-2-4-13-28-18-25(32)21-11-12-24(31)22(17-21)19-30/h7,9-12,16-17,25,28,30-32H,1-6,8,13-15,18-19H2,(H3,27,29,33)/t25-/m1/s1. The van der Waals surface area contributed by atoms with Gasteiger partial charge in [0, 0.05) is 31.0 Å². The molecule has 34 heavy (non-hydrogen) atoms. The number of aromatic hydroxyl groups is 1. The number of anilines is 1. The molecule has 0 unspecified atom stereocenters. The molecular formula is C26H39N3O5. The molecule has 7 N–H and O–H groups in total. The van der Waals surface area contributed by atoms with Crippen molar-refractivity contribution in [2.75, 3.05) is 31.6 Å². The normalized spacial score (nSPS) is 11.9. The third-order valence-electron chi connectivity index (χ3n) is 5.59. The number of aliphatic hydroxyl groups is 2. The number of carbonyl (C=O) groups excluding carboxylic acids is 1. The van der Waals surface area contributed by atoms with Gasteiger partial charge in [0.05, 0.1) is 12.7 Å². The second kappa shape index (κ2) is 16.1. The molecule has 2 rings (SSSR count). The minimum absolute atomic E-state index is 0.0374. The average molecular weight is 474 g/mol. The van der Waals surface area contributed by atoms with Gasteiger partial charge in [-0.15, -0.1) is 0 Å². The summed E-state index contributed by atoms with van der Waals surface area (Å²) < 4.78 is 5.72. The highest BCUT2D eigenvalue weighted by Crippen LogP contribution is 2.22. The number of aliphatic hydroxyl groups excluding tert-OH is 2. The van der Waals surface area contributed by atoms with E-state index in [1.54, 1.807) is 12.1 Å². The Morgan fingerprint density at radius 2 is 1.76 bits per heavy atom. The molecule has 8 heteroatoms. The van der Waals surface area contributed by atoms with Gasteiger partial charge in [-0.2, -0.15) is 0 Å². The van der Waals surface area contributed by atoms with Crippen LogP contribution in [0.3, 0.4) is 0 Å². The summed E-state index contributed by atoms with van der Waals surface area (Å²) in [6.45, 7) is 2.53. The third-order valence-corrected chi connectivity index (χ3v) is 5.59. The molecule has 0 aromatic heterocycles. The Balaban J connectivity index is 1.41. The summed E-state index contributed by atoms with van der Waals surface area (Å²) in [5.74, 6) is 0.0374. The molecule has 8 nitrogen and oxygen atoms in total. The van der Waals surface area contributed by atoms with E-state index >= 15 is 0 Å². The molecule has 0 bridgehead atoms. The zero-order valence-electron chi connectivity index (χ0n) is 19.8. The van der Waals surface area contributed by atoms with Gasteiger partial charge in [-0.3, -0.25) is 0 Å². The van der Waals surface area contributed by atoms with Crippen LogP contribution in [0.25, 0.3) is 0 Å². The minimum atomic E-state index is -0.676. The van der Waals surface area contributed by atoms with Gasteiger partial charge >= 0.3 is 6.03 Å². The summed E-state index contributed by atoms with van der Waals surface area (Å²) in [5.41, 5.74) is 8.16. The number of amides is 2. The van der Waals surface area contributed by atoms with Gasteiger partial charge in [-0.1, -0.05) is 24.6 Å². The number of urea groups is 1. The molecule has 2 amide bonds. The zero-order chi connectivity index (χ0) is 24.6. The maximum Gasteiger partial charge on any atom is 0.316 e. The maximum atomic E-state index is 10.9. The molecule has 0 spiro atoms. The highest BCUT2D eigenvalue weighted by Gasteiger charge is 2.09. The number of rotatable bonds is 17. The van der Waals surface area contributed by atoms with Crippen LogP contribution in [-0.4, -0.2) is 47.7 Å². The number of hydrogen-bond acceptors (Lipinski definition) is 6. The van der Waals surface area contributed by atoms with Crippen LogP contribution < -0.4 is 16.4 Å². The number of primary amides is 1. The quantitative estimate of drug-likeness (QED) is 0.194. The van der Waals surface area contributed by atoms with Gasteiger partial charge in [0.1, 0.15) is 5.75 Å². The number of hydrogen-bond donors (Lipinski definition) is 6. The lowest BCUT2D eigenvalue weighted by Crippen LogP contribution is -2.22. The van der Waals surface area contributed by atoms with Crippen molar-refractivity contribution in [3.05, 3.63) is 59.2 Å². The first-order chi connectivity index (χ1) is 16.5. The molecule has 0 aliphatic carbocycles. The molecule has 0 fully saturated rings. The van der Waals surface area contributed by atoms with Crippen molar-refractivity contribution in [2.45, 2.75) is 57.7 Å². The summed E-state index contributed by atoms with van der Waals surface area (Å²) in [7, 11) is 0. The Labute approximate surface area is 202 Å². The Kier molecular flexibility index (Phi) is 13.0. The van der Waals surface area contributed by atoms with E-state index in [0.717, 1.165) is 70.4 Å². The first kappa shape index (κ1) is 27.6. The lowest BCUT2D eigenvalue weighted by atomic mass is 10.1. The van der Waals surface area contributed by atoms with Crippen LogP contribution in [-0.2, 0) is 17.8 Å². The van der Waals surface area contributed by atoms with Gasteiger partial charge in [0.15, 0.2) is 0 Å². The number of carbonyl (C=O) groups is 1. The van der Waals surface area contributed by atoms with Crippen LogP contribution in [0.1, 0.15) is 61.3 Å². The van der Waals surface area contributed by atoms with Crippen molar-refractivity contribution in [1.29, 1.82) is 0 Å².